The van der Waals surface area contributed by atoms with Crippen LogP contribution in [0, 0.1) is 0 Å². The predicted octanol–water partition coefficient (Wildman–Crippen LogP) is 1.68. The van der Waals surface area contributed by atoms with Gasteiger partial charge >= 0.3 is 0 Å². The molecule has 26 heavy (non-hydrogen) atoms. The van der Waals surface area contributed by atoms with E-state index in [0.29, 0.717) is 24.6 Å². The first kappa shape index (κ1) is 20.2. The monoisotopic (exact) mass is 359 g/mol. The van der Waals surface area contributed by atoms with Crippen molar-refractivity contribution in [1.29, 1.82) is 0 Å². The highest BCUT2D eigenvalue weighted by Gasteiger charge is 2.21. The summed E-state index contributed by atoms with van der Waals surface area (Å²) in [6.45, 7) is 7.52. The maximum atomic E-state index is 11.9. The molecule has 0 aliphatic carbocycles. The number of benzene rings is 1. The van der Waals surface area contributed by atoms with Gasteiger partial charge in [0, 0.05) is 39.3 Å². The van der Waals surface area contributed by atoms with Gasteiger partial charge in [0.15, 0.2) is 5.96 Å². The molecule has 0 spiro atoms. The molecule has 0 atom stereocenters. The molecule has 144 valence electrons. The van der Waals surface area contributed by atoms with E-state index in [1.807, 2.05) is 18.2 Å². The zero-order valence-electron chi connectivity index (χ0n) is 16.5. The molecule has 1 aliphatic heterocycles. The highest BCUT2D eigenvalue weighted by molar-refractivity contribution is 5.86. The quantitative estimate of drug-likeness (QED) is 0.599. The number of rotatable bonds is 6. The Hall–Kier alpha value is -2.08. The van der Waals surface area contributed by atoms with Gasteiger partial charge in [-0.1, -0.05) is 30.3 Å². The van der Waals surface area contributed by atoms with Crippen LogP contribution in [0.2, 0.25) is 0 Å². The van der Waals surface area contributed by atoms with Crippen molar-refractivity contribution < 1.29 is 4.79 Å². The van der Waals surface area contributed by atoms with Gasteiger partial charge in [0.1, 0.15) is 0 Å². The van der Waals surface area contributed by atoms with E-state index >= 15 is 0 Å². The first-order chi connectivity index (χ1) is 12.5. The van der Waals surface area contributed by atoms with Gasteiger partial charge in [-0.15, -0.1) is 0 Å². The van der Waals surface area contributed by atoms with E-state index in [9.17, 15) is 4.79 Å². The third-order valence-corrected chi connectivity index (χ3v) is 4.77. The summed E-state index contributed by atoms with van der Waals surface area (Å²) in [4.78, 5) is 20.7. The van der Waals surface area contributed by atoms with E-state index in [-0.39, 0.29) is 12.5 Å². The Morgan fingerprint density at radius 3 is 2.46 bits per heavy atom. The highest BCUT2D eigenvalue weighted by atomic mass is 16.2. The van der Waals surface area contributed by atoms with Crippen LogP contribution in [0.1, 0.15) is 32.3 Å². The minimum atomic E-state index is 0.0360. The molecule has 2 N–H and O–H groups in total. The number of likely N-dealkylation sites (tertiary alicyclic amines) is 1. The number of carbonyl (C=O) groups excluding carboxylic acids is 1. The zero-order valence-corrected chi connectivity index (χ0v) is 16.5. The van der Waals surface area contributed by atoms with E-state index in [0.717, 1.165) is 31.5 Å². The molecule has 1 saturated heterocycles. The molecular weight excluding hydrogens is 326 g/mol. The number of nitrogens with one attached hydrogen (secondary N) is 2. The van der Waals surface area contributed by atoms with Crippen LogP contribution in [0.5, 0.6) is 0 Å². The lowest BCUT2D eigenvalue weighted by Gasteiger charge is -2.35. The van der Waals surface area contributed by atoms with E-state index in [1.165, 1.54) is 0 Å². The fraction of sp³-hybridized carbons (Fsp3) is 0.600. The zero-order chi connectivity index (χ0) is 18.9. The van der Waals surface area contributed by atoms with Crippen LogP contribution in [0.3, 0.4) is 0 Å². The van der Waals surface area contributed by atoms with Crippen LogP contribution in [0.4, 0.5) is 0 Å². The molecule has 1 aliphatic rings. The lowest BCUT2D eigenvalue weighted by Crippen LogP contribution is -2.51. The fourth-order valence-electron chi connectivity index (χ4n) is 2.98. The van der Waals surface area contributed by atoms with E-state index in [1.54, 1.807) is 19.0 Å². The molecule has 1 aromatic rings. The number of hydrogen-bond acceptors (Lipinski definition) is 3. The predicted molar refractivity (Wildman–Crippen MR) is 107 cm³/mol. The van der Waals surface area contributed by atoms with Gasteiger partial charge in [0.2, 0.25) is 5.91 Å². The summed E-state index contributed by atoms with van der Waals surface area (Å²) >= 11 is 0. The van der Waals surface area contributed by atoms with Crippen LogP contribution < -0.4 is 10.6 Å². The van der Waals surface area contributed by atoms with Gasteiger partial charge < -0.3 is 20.4 Å². The molecule has 1 fully saturated rings. The van der Waals surface area contributed by atoms with Crippen molar-refractivity contribution in [3.63, 3.8) is 0 Å². The standard InChI is InChI=1S/C20H33N5O/c1-16(2)25-12-10-18(11-13-25)23-20(22-15-19(26)24(3)4)21-14-17-8-6-5-7-9-17/h5-9,16,18H,10-15H2,1-4H3,(H2,21,22,23). The van der Waals surface area contributed by atoms with Crippen molar-refractivity contribution in [3.8, 4) is 0 Å². The van der Waals surface area contributed by atoms with Gasteiger partial charge in [0.25, 0.3) is 0 Å². The number of carbonyl (C=O) groups is 1. The Morgan fingerprint density at radius 2 is 1.88 bits per heavy atom. The van der Waals surface area contributed by atoms with E-state index in [4.69, 9.17) is 0 Å². The number of amides is 1. The number of piperidine rings is 1. The van der Waals surface area contributed by atoms with Crippen molar-refractivity contribution in [3.05, 3.63) is 35.9 Å². The van der Waals surface area contributed by atoms with Gasteiger partial charge in [0.05, 0.1) is 13.1 Å². The average Bonchev–Trinajstić information content (AvgIpc) is 2.64. The minimum absolute atomic E-state index is 0.0360. The number of nitrogens with zero attached hydrogens (tertiary/aromatic N) is 3. The summed E-state index contributed by atoms with van der Waals surface area (Å²) in [5.74, 6) is 0.751. The molecule has 0 bridgehead atoms. The molecule has 0 radical (unpaired) electrons. The summed E-state index contributed by atoms with van der Waals surface area (Å²) < 4.78 is 0. The maximum Gasteiger partial charge on any atom is 0.241 e. The second kappa shape index (κ2) is 10.2. The molecule has 0 saturated carbocycles. The number of likely N-dealkylation sites (N-methyl/N-ethyl adjacent to an activating group) is 1. The third-order valence-electron chi connectivity index (χ3n) is 4.77. The second-order valence-electron chi connectivity index (χ2n) is 7.34. The SMILES string of the molecule is CC(C)N1CCC(NC(=NCc2ccccc2)NCC(=O)N(C)C)CC1. The molecule has 0 unspecified atom stereocenters. The summed E-state index contributed by atoms with van der Waals surface area (Å²) in [6, 6.07) is 11.1. The van der Waals surface area contributed by atoms with Crippen molar-refractivity contribution in [2.24, 2.45) is 4.99 Å². The van der Waals surface area contributed by atoms with E-state index in [2.05, 4.69) is 46.5 Å². The topological polar surface area (TPSA) is 60.0 Å². The fourth-order valence-corrected chi connectivity index (χ4v) is 2.98. The first-order valence-corrected chi connectivity index (χ1v) is 9.48. The molecule has 1 amide bonds. The number of guanidine groups is 1. The van der Waals surface area contributed by atoms with Crippen molar-refractivity contribution in [2.75, 3.05) is 33.7 Å². The summed E-state index contributed by atoms with van der Waals surface area (Å²) in [5, 5.41) is 6.71. The smallest absolute Gasteiger partial charge is 0.241 e. The van der Waals surface area contributed by atoms with Crippen molar-refractivity contribution in [2.45, 2.75) is 45.3 Å². The van der Waals surface area contributed by atoms with Crippen molar-refractivity contribution >= 4 is 11.9 Å². The summed E-state index contributed by atoms with van der Waals surface area (Å²) in [5.41, 5.74) is 1.15. The van der Waals surface area contributed by atoms with Gasteiger partial charge in [-0.3, -0.25) is 4.79 Å². The van der Waals surface area contributed by atoms with Crippen LogP contribution >= 0.6 is 0 Å². The normalized spacial score (nSPS) is 16.6. The molecule has 6 heteroatoms. The largest absolute Gasteiger partial charge is 0.354 e. The third kappa shape index (κ3) is 6.67. The van der Waals surface area contributed by atoms with Gasteiger partial charge in [-0.25, -0.2) is 4.99 Å². The Labute approximate surface area is 157 Å². The summed E-state index contributed by atoms with van der Waals surface area (Å²) in [7, 11) is 3.53. The molecular formula is C20H33N5O. The average molecular weight is 360 g/mol. The Kier molecular flexibility index (Phi) is 7.91. The first-order valence-electron chi connectivity index (χ1n) is 9.48. The second-order valence-corrected chi connectivity index (χ2v) is 7.34. The highest BCUT2D eigenvalue weighted by Crippen LogP contribution is 2.13. The van der Waals surface area contributed by atoms with Crippen LogP contribution in [0.15, 0.2) is 35.3 Å². The van der Waals surface area contributed by atoms with Crippen LogP contribution in [0.25, 0.3) is 0 Å². The van der Waals surface area contributed by atoms with Crippen molar-refractivity contribution in [1.82, 2.24) is 20.4 Å². The number of hydrogen-bond donors (Lipinski definition) is 2. The van der Waals surface area contributed by atoms with E-state index < -0.39 is 0 Å². The summed E-state index contributed by atoms with van der Waals surface area (Å²) in [6.07, 6.45) is 2.18. The molecule has 1 heterocycles. The molecule has 6 nitrogen and oxygen atoms in total. The Morgan fingerprint density at radius 1 is 1.23 bits per heavy atom. The lowest BCUT2D eigenvalue weighted by molar-refractivity contribution is -0.127. The van der Waals surface area contributed by atoms with Gasteiger partial charge in [-0.05, 0) is 32.3 Å². The Balaban J connectivity index is 1.95. The maximum absolute atomic E-state index is 11.9. The number of aliphatic imine (C=N–C) groups is 1. The minimum Gasteiger partial charge on any atom is -0.354 e. The van der Waals surface area contributed by atoms with Gasteiger partial charge in [-0.2, -0.15) is 0 Å². The molecule has 2 rings (SSSR count). The molecule has 1 aromatic carbocycles. The molecule has 0 aromatic heterocycles. The van der Waals surface area contributed by atoms with Crippen LogP contribution in [-0.4, -0.2) is 67.5 Å². The Bertz CT molecular complexity index is 577. The van der Waals surface area contributed by atoms with Crippen LogP contribution in [-0.2, 0) is 11.3 Å². The lowest BCUT2D eigenvalue weighted by atomic mass is 10.0.